The van der Waals surface area contributed by atoms with Gasteiger partial charge in [0, 0.05) is 20.1 Å². The zero-order chi connectivity index (χ0) is 13.4. The van der Waals surface area contributed by atoms with Gasteiger partial charge in [0.2, 0.25) is 0 Å². The van der Waals surface area contributed by atoms with Crippen LogP contribution in [0, 0.1) is 5.82 Å². The zero-order valence-corrected chi connectivity index (χ0v) is 11.8. The van der Waals surface area contributed by atoms with Gasteiger partial charge >= 0.3 is 0 Å². The smallest absolute Gasteiger partial charge is 0.146 e. The van der Waals surface area contributed by atoms with Crippen LogP contribution >= 0.6 is 0 Å². The molecule has 0 aliphatic carbocycles. The Bertz CT molecular complexity index is 352. The Morgan fingerprint density at radius 2 is 2.00 bits per heavy atom. The second kappa shape index (κ2) is 8.09. The fourth-order valence-electron chi connectivity index (χ4n) is 1.96. The molecular formula is C15H25FN2. The van der Waals surface area contributed by atoms with E-state index >= 15 is 0 Å². The fourth-order valence-corrected chi connectivity index (χ4v) is 1.96. The first-order chi connectivity index (χ1) is 8.69. The highest BCUT2D eigenvalue weighted by Crippen LogP contribution is 2.20. The molecule has 0 aliphatic rings. The molecule has 0 atom stereocenters. The van der Waals surface area contributed by atoms with Crippen molar-refractivity contribution in [1.29, 1.82) is 0 Å². The molecule has 0 saturated carbocycles. The molecule has 0 aromatic heterocycles. The standard InChI is InChI=1S/C15H25FN2/c1-4-6-7-10-18(3)15-9-8-13(11-14(15)16)12-17-5-2/h8-9,11,17H,4-7,10,12H2,1-3H3. The third-order valence-corrected chi connectivity index (χ3v) is 3.10. The van der Waals surface area contributed by atoms with Gasteiger partial charge in [0.05, 0.1) is 5.69 Å². The minimum Gasteiger partial charge on any atom is -0.372 e. The lowest BCUT2D eigenvalue weighted by molar-refractivity contribution is 0.612. The van der Waals surface area contributed by atoms with Crippen LogP contribution in [0.15, 0.2) is 18.2 Å². The first-order valence-electron chi connectivity index (χ1n) is 6.89. The van der Waals surface area contributed by atoms with Crippen molar-refractivity contribution in [3.8, 4) is 0 Å². The van der Waals surface area contributed by atoms with Crippen molar-refractivity contribution in [2.75, 3.05) is 25.0 Å². The number of hydrogen-bond donors (Lipinski definition) is 1. The van der Waals surface area contributed by atoms with Crippen molar-refractivity contribution in [1.82, 2.24) is 5.32 Å². The van der Waals surface area contributed by atoms with Crippen LogP contribution in [0.4, 0.5) is 10.1 Å². The van der Waals surface area contributed by atoms with E-state index < -0.39 is 0 Å². The molecule has 1 aromatic carbocycles. The Hall–Kier alpha value is -1.09. The lowest BCUT2D eigenvalue weighted by Gasteiger charge is -2.20. The van der Waals surface area contributed by atoms with Crippen LogP contribution in [0.3, 0.4) is 0 Å². The molecule has 1 rings (SSSR count). The normalized spacial score (nSPS) is 10.7. The summed E-state index contributed by atoms with van der Waals surface area (Å²) in [5.74, 6) is -0.121. The van der Waals surface area contributed by atoms with E-state index in [0.717, 1.165) is 31.6 Å². The van der Waals surface area contributed by atoms with Crippen LogP contribution in [0.1, 0.15) is 38.7 Å². The average molecular weight is 252 g/mol. The van der Waals surface area contributed by atoms with Crippen LogP contribution in [-0.4, -0.2) is 20.1 Å². The maximum absolute atomic E-state index is 14.0. The topological polar surface area (TPSA) is 15.3 Å². The third kappa shape index (κ3) is 4.65. The molecule has 0 amide bonds. The first kappa shape index (κ1) is 15.0. The summed E-state index contributed by atoms with van der Waals surface area (Å²) in [5.41, 5.74) is 1.70. The van der Waals surface area contributed by atoms with E-state index in [4.69, 9.17) is 0 Å². The molecule has 2 nitrogen and oxygen atoms in total. The van der Waals surface area contributed by atoms with Crippen LogP contribution in [-0.2, 0) is 6.54 Å². The highest BCUT2D eigenvalue weighted by atomic mass is 19.1. The molecule has 0 spiro atoms. The minimum absolute atomic E-state index is 0.121. The summed E-state index contributed by atoms with van der Waals surface area (Å²) in [5, 5.41) is 3.20. The second-order valence-corrected chi connectivity index (χ2v) is 4.69. The maximum atomic E-state index is 14.0. The Balaban J connectivity index is 2.60. The number of nitrogens with zero attached hydrogens (tertiary/aromatic N) is 1. The van der Waals surface area contributed by atoms with Crippen molar-refractivity contribution < 1.29 is 4.39 Å². The largest absolute Gasteiger partial charge is 0.372 e. The van der Waals surface area contributed by atoms with Crippen molar-refractivity contribution in [2.24, 2.45) is 0 Å². The predicted molar refractivity (Wildman–Crippen MR) is 76.6 cm³/mol. The summed E-state index contributed by atoms with van der Waals surface area (Å²) in [6, 6.07) is 5.51. The third-order valence-electron chi connectivity index (χ3n) is 3.10. The van der Waals surface area contributed by atoms with E-state index in [0.29, 0.717) is 5.69 Å². The van der Waals surface area contributed by atoms with Crippen LogP contribution in [0.2, 0.25) is 0 Å². The van der Waals surface area contributed by atoms with Gasteiger partial charge in [0.1, 0.15) is 5.82 Å². The summed E-state index contributed by atoms with van der Waals surface area (Å²) < 4.78 is 14.0. The molecule has 0 radical (unpaired) electrons. The monoisotopic (exact) mass is 252 g/mol. The van der Waals surface area contributed by atoms with Crippen molar-refractivity contribution in [3.63, 3.8) is 0 Å². The van der Waals surface area contributed by atoms with Gasteiger partial charge in [-0.2, -0.15) is 0 Å². The van der Waals surface area contributed by atoms with E-state index in [1.165, 1.54) is 12.8 Å². The summed E-state index contributed by atoms with van der Waals surface area (Å²) in [4.78, 5) is 2.00. The lowest BCUT2D eigenvalue weighted by Crippen LogP contribution is -2.20. The molecule has 0 unspecified atom stereocenters. The summed E-state index contributed by atoms with van der Waals surface area (Å²) >= 11 is 0. The van der Waals surface area contributed by atoms with Crippen molar-refractivity contribution >= 4 is 5.69 Å². The number of nitrogens with one attached hydrogen (secondary N) is 1. The van der Waals surface area contributed by atoms with E-state index in [1.807, 2.05) is 31.0 Å². The van der Waals surface area contributed by atoms with E-state index in [2.05, 4.69) is 12.2 Å². The number of hydrogen-bond acceptors (Lipinski definition) is 2. The van der Waals surface area contributed by atoms with Gasteiger partial charge in [-0.15, -0.1) is 0 Å². The van der Waals surface area contributed by atoms with Gasteiger partial charge in [0.25, 0.3) is 0 Å². The number of rotatable bonds is 8. The molecule has 0 aliphatic heterocycles. The number of unbranched alkanes of at least 4 members (excludes halogenated alkanes) is 2. The summed E-state index contributed by atoms with van der Waals surface area (Å²) in [6.07, 6.45) is 3.51. The van der Waals surface area contributed by atoms with Gasteiger partial charge < -0.3 is 10.2 Å². The fraction of sp³-hybridized carbons (Fsp3) is 0.600. The van der Waals surface area contributed by atoms with Gasteiger partial charge in [-0.25, -0.2) is 4.39 Å². The van der Waals surface area contributed by atoms with Crippen LogP contribution in [0.25, 0.3) is 0 Å². The molecular weight excluding hydrogens is 227 g/mol. The highest BCUT2D eigenvalue weighted by molar-refractivity contribution is 5.48. The maximum Gasteiger partial charge on any atom is 0.146 e. The second-order valence-electron chi connectivity index (χ2n) is 4.69. The molecule has 0 bridgehead atoms. The summed E-state index contributed by atoms with van der Waals surface area (Å²) in [6.45, 7) is 6.77. The molecule has 3 heteroatoms. The van der Waals surface area contributed by atoms with Crippen LogP contribution in [0.5, 0.6) is 0 Å². The minimum atomic E-state index is -0.121. The van der Waals surface area contributed by atoms with Gasteiger partial charge in [-0.1, -0.05) is 32.8 Å². The molecule has 0 fully saturated rings. The first-order valence-corrected chi connectivity index (χ1v) is 6.89. The van der Waals surface area contributed by atoms with Gasteiger partial charge in [0.15, 0.2) is 0 Å². The molecule has 0 saturated heterocycles. The van der Waals surface area contributed by atoms with Gasteiger partial charge in [-0.05, 0) is 30.7 Å². The zero-order valence-electron chi connectivity index (χ0n) is 11.8. The van der Waals surface area contributed by atoms with Crippen molar-refractivity contribution in [3.05, 3.63) is 29.6 Å². The SMILES string of the molecule is CCCCCN(C)c1ccc(CNCC)cc1F. The van der Waals surface area contributed by atoms with Crippen molar-refractivity contribution in [2.45, 2.75) is 39.7 Å². The molecule has 1 N–H and O–H groups in total. The Morgan fingerprint density at radius 1 is 1.22 bits per heavy atom. The lowest BCUT2D eigenvalue weighted by atomic mass is 10.1. The molecule has 0 heterocycles. The summed E-state index contributed by atoms with van der Waals surface area (Å²) in [7, 11) is 1.96. The quantitative estimate of drug-likeness (QED) is 0.712. The highest BCUT2D eigenvalue weighted by Gasteiger charge is 2.07. The van der Waals surface area contributed by atoms with Crippen LogP contribution < -0.4 is 10.2 Å². The predicted octanol–water partition coefficient (Wildman–Crippen LogP) is 3.56. The van der Waals surface area contributed by atoms with Gasteiger partial charge in [-0.3, -0.25) is 0 Å². The Kier molecular flexibility index (Phi) is 6.73. The molecule has 102 valence electrons. The van der Waals surface area contributed by atoms with E-state index in [1.54, 1.807) is 6.07 Å². The average Bonchev–Trinajstić information content (AvgIpc) is 2.36. The molecule has 18 heavy (non-hydrogen) atoms. The van der Waals surface area contributed by atoms with E-state index in [-0.39, 0.29) is 5.82 Å². The molecule has 1 aromatic rings. The number of benzene rings is 1. The van der Waals surface area contributed by atoms with E-state index in [9.17, 15) is 4.39 Å². The Labute approximate surface area is 110 Å². The number of anilines is 1. The Morgan fingerprint density at radius 3 is 2.61 bits per heavy atom. The number of halogens is 1.